The third-order valence-corrected chi connectivity index (χ3v) is 5.29. The minimum absolute atomic E-state index is 0.00828. The van der Waals surface area contributed by atoms with Crippen LogP contribution in [0.1, 0.15) is 42.5 Å². The molecule has 0 saturated carbocycles. The van der Waals surface area contributed by atoms with Gasteiger partial charge in [-0.05, 0) is 66.1 Å². The zero-order valence-corrected chi connectivity index (χ0v) is 20.7. The molecule has 0 fully saturated rings. The van der Waals surface area contributed by atoms with E-state index in [9.17, 15) is 33.9 Å². The van der Waals surface area contributed by atoms with Gasteiger partial charge >= 0.3 is 23.9 Å². The number of nitrogens with one attached hydrogen (secondary N) is 4. The van der Waals surface area contributed by atoms with E-state index in [1.807, 2.05) is 5.32 Å². The summed E-state index contributed by atoms with van der Waals surface area (Å²) in [5.74, 6) is -4.91. The van der Waals surface area contributed by atoms with Crippen molar-refractivity contribution in [3.05, 3.63) is 33.4 Å². The lowest BCUT2D eigenvalue weighted by Crippen LogP contribution is -2.52. The summed E-state index contributed by atoms with van der Waals surface area (Å²) in [6, 6.07) is 3.05. The number of carboxylic acid groups (broad SMARTS) is 3. The third kappa shape index (κ3) is 12.6. The molecule has 13 nitrogen and oxygen atoms in total. The summed E-state index contributed by atoms with van der Waals surface area (Å²) >= 11 is 2.13. The molecule has 0 aliphatic carbocycles. The zero-order valence-electron chi connectivity index (χ0n) is 18.6. The first-order chi connectivity index (χ1) is 16.5. The molecule has 0 saturated heterocycles. The summed E-state index contributed by atoms with van der Waals surface area (Å²) < 4.78 is 1.00. The van der Waals surface area contributed by atoms with Crippen LogP contribution < -0.4 is 21.3 Å². The Hall–Kier alpha value is -3.43. The first-order valence-corrected chi connectivity index (χ1v) is 11.6. The van der Waals surface area contributed by atoms with Crippen molar-refractivity contribution in [2.45, 2.75) is 44.2 Å². The second kappa shape index (κ2) is 15.5. The Morgan fingerprint density at radius 2 is 1.43 bits per heavy atom. The number of hydrogen-bond donors (Lipinski definition) is 7. The van der Waals surface area contributed by atoms with E-state index in [0.717, 1.165) is 3.57 Å². The summed E-state index contributed by atoms with van der Waals surface area (Å²) in [6.07, 6.45) is 0.00614. The fraction of sp³-hybridized carbons (Fsp3) is 0.429. The number of aliphatic carboxylic acids is 3. The minimum atomic E-state index is -1.48. The van der Waals surface area contributed by atoms with Crippen LogP contribution in [0.2, 0.25) is 0 Å². The highest BCUT2D eigenvalue weighted by atomic mass is 127. The van der Waals surface area contributed by atoms with Gasteiger partial charge in [0.15, 0.2) is 0 Å². The molecule has 192 valence electrons. The van der Waals surface area contributed by atoms with E-state index in [0.29, 0.717) is 24.9 Å². The molecule has 0 radical (unpaired) electrons. The first kappa shape index (κ1) is 29.6. The molecule has 0 spiro atoms. The van der Waals surface area contributed by atoms with Gasteiger partial charge in [-0.1, -0.05) is 0 Å². The van der Waals surface area contributed by atoms with E-state index >= 15 is 0 Å². The molecule has 4 amide bonds. The molecule has 0 bridgehead atoms. The third-order valence-electron chi connectivity index (χ3n) is 4.57. The van der Waals surface area contributed by atoms with Gasteiger partial charge in [0.2, 0.25) is 5.91 Å². The summed E-state index contributed by atoms with van der Waals surface area (Å²) in [5, 5.41) is 36.1. The maximum Gasteiger partial charge on any atom is 0.328 e. The molecule has 0 aliphatic heterocycles. The molecule has 1 rings (SSSR count). The molecule has 2 atom stereocenters. The Balaban J connectivity index is 2.35. The first-order valence-electron chi connectivity index (χ1n) is 10.5. The van der Waals surface area contributed by atoms with Crippen LogP contribution in [0.25, 0.3) is 0 Å². The second-order valence-corrected chi connectivity index (χ2v) is 8.60. The van der Waals surface area contributed by atoms with Crippen molar-refractivity contribution in [3.63, 3.8) is 0 Å². The number of hydrogen-bond acceptors (Lipinski definition) is 6. The maximum atomic E-state index is 12.0. The Bertz CT molecular complexity index is 924. The average Bonchev–Trinajstić information content (AvgIpc) is 2.78. The van der Waals surface area contributed by atoms with E-state index in [1.165, 1.54) is 0 Å². The van der Waals surface area contributed by atoms with Gasteiger partial charge in [0, 0.05) is 28.5 Å². The van der Waals surface area contributed by atoms with Crippen molar-refractivity contribution in [3.8, 4) is 0 Å². The van der Waals surface area contributed by atoms with Crippen LogP contribution >= 0.6 is 22.6 Å². The zero-order chi connectivity index (χ0) is 26.4. The van der Waals surface area contributed by atoms with Crippen LogP contribution in [0.4, 0.5) is 4.79 Å². The minimum Gasteiger partial charge on any atom is -0.481 e. The van der Waals surface area contributed by atoms with Crippen molar-refractivity contribution < 1.29 is 44.1 Å². The maximum absolute atomic E-state index is 12.0. The highest BCUT2D eigenvalue weighted by Crippen LogP contribution is 2.06. The molecule has 35 heavy (non-hydrogen) atoms. The monoisotopic (exact) mass is 606 g/mol. The van der Waals surface area contributed by atoms with Crippen LogP contribution in [0, 0.1) is 3.57 Å². The van der Waals surface area contributed by atoms with Crippen LogP contribution in [-0.2, 0) is 19.2 Å². The van der Waals surface area contributed by atoms with Crippen LogP contribution in [0.5, 0.6) is 0 Å². The second-order valence-electron chi connectivity index (χ2n) is 7.36. The highest BCUT2D eigenvalue weighted by molar-refractivity contribution is 14.1. The van der Waals surface area contributed by atoms with Gasteiger partial charge in [0.1, 0.15) is 12.1 Å². The lowest BCUT2D eigenvalue weighted by molar-refractivity contribution is -0.142. The van der Waals surface area contributed by atoms with Crippen molar-refractivity contribution in [2.75, 3.05) is 13.1 Å². The Morgan fingerprint density at radius 3 is 2.00 bits per heavy atom. The van der Waals surface area contributed by atoms with Crippen molar-refractivity contribution in [1.82, 2.24) is 21.3 Å². The van der Waals surface area contributed by atoms with E-state index in [2.05, 4.69) is 38.5 Å². The van der Waals surface area contributed by atoms with E-state index in [1.54, 1.807) is 24.3 Å². The number of carboxylic acids is 3. The fourth-order valence-corrected chi connectivity index (χ4v) is 3.07. The van der Waals surface area contributed by atoms with Gasteiger partial charge in [-0.2, -0.15) is 0 Å². The van der Waals surface area contributed by atoms with Crippen molar-refractivity contribution in [2.24, 2.45) is 0 Å². The molecule has 0 unspecified atom stereocenters. The van der Waals surface area contributed by atoms with Gasteiger partial charge in [-0.25, -0.2) is 14.4 Å². The Kier molecular flexibility index (Phi) is 13.1. The van der Waals surface area contributed by atoms with E-state index in [4.69, 9.17) is 10.2 Å². The fourth-order valence-electron chi connectivity index (χ4n) is 2.71. The molecule has 0 aromatic heterocycles. The Labute approximate surface area is 214 Å². The van der Waals surface area contributed by atoms with Gasteiger partial charge in [-0.15, -0.1) is 0 Å². The summed E-state index contributed by atoms with van der Waals surface area (Å²) in [6.45, 7) is -0.195. The quantitative estimate of drug-likeness (QED) is 0.109. The number of carbonyl (C=O) groups excluding carboxylic acids is 3. The van der Waals surface area contributed by atoms with Crippen molar-refractivity contribution >= 4 is 58.3 Å². The molecule has 0 aliphatic rings. The predicted molar refractivity (Wildman–Crippen MR) is 130 cm³/mol. The summed E-state index contributed by atoms with van der Waals surface area (Å²) in [4.78, 5) is 69.0. The number of rotatable bonds is 15. The predicted octanol–water partition coefficient (Wildman–Crippen LogP) is 0.378. The lowest BCUT2D eigenvalue weighted by atomic mass is 10.1. The van der Waals surface area contributed by atoms with Crippen LogP contribution in [0.15, 0.2) is 24.3 Å². The normalized spacial score (nSPS) is 12.0. The van der Waals surface area contributed by atoms with Crippen LogP contribution in [0.3, 0.4) is 0 Å². The number of halogens is 1. The van der Waals surface area contributed by atoms with Crippen molar-refractivity contribution in [1.29, 1.82) is 0 Å². The molecule has 14 heteroatoms. The molecule has 0 heterocycles. The smallest absolute Gasteiger partial charge is 0.328 e. The molecule has 1 aromatic carbocycles. The number of unbranched alkanes of at least 4 members (excludes halogenated alkanes) is 1. The SMILES string of the molecule is O=C(O)CC[C@H](NC(=O)NC[C@H](NC(=O)CCCCNC(=O)c1ccc(I)cc1)C(=O)O)C(=O)O. The molecule has 1 aromatic rings. The van der Waals surface area contributed by atoms with Gasteiger partial charge in [0.25, 0.3) is 5.91 Å². The van der Waals surface area contributed by atoms with E-state index in [-0.39, 0.29) is 18.7 Å². The molecular weight excluding hydrogens is 579 g/mol. The van der Waals surface area contributed by atoms with Gasteiger partial charge < -0.3 is 36.6 Å². The number of urea groups is 1. The number of carbonyl (C=O) groups is 6. The standard InChI is InChI=1S/C21H27IN4O9/c22-13-6-4-12(5-7-13)18(30)23-10-2-1-3-16(27)25-15(20(33)34)11-24-21(35)26-14(19(31)32)8-9-17(28)29/h4-7,14-15H,1-3,8-11H2,(H,23,30)(H,25,27)(H,28,29)(H,31,32)(H,33,34)(H2,24,26,35)/t14-,15-/m0/s1. The number of benzene rings is 1. The topological polar surface area (TPSA) is 211 Å². The highest BCUT2D eigenvalue weighted by Gasteiger charge is 2.24. The average molecular weight is 606 g/mol. The van der Waals surface area contributed by atoms with E-state index < -0.39 is 54.9 Å². The largest absolute Gasteiger partial charge is 0.481 e. The summed E-state index contributed by atoms with van der Waals surface area (Å²) in [5.41, 5.74) is 0.514. The number of amides is 4. The molecule has 7 N–H and O–H groups in total. The van der Waals surface area contributed by atoms with Crippen LogP contribution in [-0.4, -0.2) is 76.2 Å². The van der Waals surface area contributed by atoms with Gasteiger partial charge in [-0.3, -0.25) is 14.4 Å². The molecular formula is C21H27IN4O9. The lowest BCUT2D eigenvalue weighted by Gasteiger charge is -2.18. The van der Waals surface area contributed by atoms with Gasteiger partial charge in [0.05, 0.1) is 6.54 Å². The summed E-state index contributed by atoms with van der Waals surface area (Å²) in [7, 11) is 0. The Morgan fingerprint density at radius 1 is 0.800 bits per heavy atom.